The fourth-order valence-electron chi connectivity index (χ4n) is 0.954. The van der Waals surface area contributed by atoms with E-state index in [4.69, 9.17) is 5.11 Å². The molecule has 1 N–H and O–H groups in total. The van der Waals surface area contributed by atoms with Crippen LogP contribution in [0.3, 0.4) is 0 Å². The minimum atomic E-state index is -0.0343. The average Bonchev–Trinajstić information content (AvgIpc) is 2.12. The van der Waals surface area contributed by atoms with Gasteiger partial charge in [-0.25, -0.2) is 0 Å². The molecule has 0 aromatic rings. The summed E-state index contributed by atoms with van der Waals surface area (Å²) in [6.45, 7) is 7.99. The Morgan fingerprint density at radius 3 is 2.47 bits per heavy atom. The summed E-state index contributed by atoms with van der Waals surface area (Å²) in [5, 5.41) is 11.3. The van der Waals surface area contributed by atoms with E-state index in [-0.39, 0.29) is 12.5 Å². The van der Waals surface area contributed by atoms with Gasteiger partial charge in [0, 0.05) is 29.8 Å². The number of hydrogen-bond donors (Lipinski definition) is 1. The molecule has 0 saturated heterocycles. The molecule has 0 spiro atoms. The van der Waals surface area contributed by atoms with Gasteiger partial charge in [0.25, 0.3) is 0 Å². The van der Waals surface area contributed by atoms with Crippen molar-refractivity contribution >= 4 is 27.5 Å². The molecule has 0 rings (SSSR count). The lowest BCUT2D eigenvalue weighted by atomic mass is 10.4. The van der Waals surface area contributed by atoms with E-state index >= 15 is 0 Å². The highest BCUT2D eigenvalue weighted by molar-refractivity contribution is 8.78. The first-order valence-electron chi connectivity index (χ1n) is 4.87. The highest BCUT2D eigenvalue weighted by atomic mass is 33.1. The third kappa shape index (κ3) is 6.87. The number of allylic oxidation sites excluding steroid dienone is 1. The number of aliphatic hydroxyl groups excluding tert-OH is 1. The van der Waals surface area contributed by atoms with Crippen molar-refractivity contribution in [3.63, 3.8) is 0 Å². The molecule has 0 bridgehead atoms. The van der Waals surface area contributed by atoms with Gasteiger partial charge >= 0.3 is 0 Å². The van der Waals surface area contributed by atoms with Crippen molar-refractivity contribution in [1.82, 2.24) is 4.90 Å². The van der Waals surface area contributed by atoms with Gasteiger partial charge in [-0.3, -0.25) is 4.79 Å². The highest BCUT2D eigenvalue weighted by Crippen LogP contribution is 2.28. The number of carbonyl (C=O) groups is 1. The molecule has 0 fully saturated rings. The maximum Gasteiger partial charge on any atom is 0.223 e. The van der Waals surface area contributed by atoms with Crippen LogP contribution in [0.5, 0.6) is 0 Å². The van der Waals surface area contributed by atoms with E-state index in [9.17, 15) is 4.79 Å². The van der Waals surface area contributed by atoms with Crippen LogP contribution < -0.4 is 0 Å². The standard InChI is InChI=1S/C10H19NO2S2/c1-8(2)15-14-7-9(3)11(5-6-12)10(4)13/h7-8,12H,5-6H2,1-4H3. The summed E-state index contributed by atoms with van der Waals surface area (Å²) in [6.07, 6.45) is 0. The summed E-state index contributed by atoms with van der Waals surface area (Å²) < 4.78 is 0. The second kappa shape index (κ2) is 8.07. The zero-order valence-electron chi connectivity index (χ0n) is 9.69. The van der Waals surface area contributed by atoms with Crippen LogP contribution in [-0.2, 0) is 4.79 Å². The van der Waals surface area contributed by atoms with E-state index < -0.39 is 0 Å². The summed E-state index contributed by atoms with van der Waals surface area (Å²) >= 11 is 0. The van der Waals surface area contributed by atoms with E-state index in [0.29, 0.717) is 11.8 Å². The molecule has 0 aliphatic carbocycles. The fourth-order valence-corrected chi connectivity index (χ4v) is 2.75. The summed E-state index contributed by atoms with van der Waals surface area (Å²) in [4.78, 5) is 12.8. The van der Waals surface area contributed by atoms with E-state index in [1.54, 1.807) is 26.5 Å². The van der Waals surface area contributed by atoms with Gasteiger partial charge in [0.05, 0.1) is 6.61 Å². The Hall–Kier alpha value is -0.130. The Labute approximate surface area is 99.7 Å². The quantitative estimate of drug-likeness (QED) is 0.734. The van der Waals surface area contributed by atoms with E-state index in [2.05, 4.69) is 13.8 Å². The summed E-state index contributed by atoms with van der Waals surface area (Å²) in [5.41, 5.74) is 0.884. The maximum absolute atomic E-state index is 11.2. The molecule has 0 aromatic heterocycles. The maximum atomic E-state index is 11.2. The molecule has 88 valence electrons. The van der Waals surface area contributed by atoms with E-state index in [0.717, 1.165) is 5.70 Å². The molecule has 1 amide bonds. The number of hydrogen-bond acceptors (Lipinski definition) is 4. The predicted molar refractivity (Wildman–Crippen MR) is 68.5 cm³/mol. The molecule has 0 aliphatic heterocycles. The number of amides is 1. The van der Waals surface area contributed by atoms with Gasteiger partial charge in [-0.1, -0.05) is 35.4 Å². The van der Waals surface area contributed by atoms with Crippen molar-refractivity contribution in [2.45, 2.75) is 32.9 Å². The van der Waals surface area contributed by atoms with E-state index in [1.165, 1.54) is 6.92 Å². The van der Waals surface area contributed by atoms with E-state index in [1.807, 2.05) is 12.3 Å². The molecular formula is C10H19NO2S2. The van der Waals surface area contributed by atoms with Crippen LogP contribution in [0, 0.1) is 0 Å². The number of aliphatic hydroxyl groups is 1. The molecule has 5 heteroatoms. The van der Waals surface area contributed by atoms with Gasteiger partial charge in [0.2, 0.25) is 5.91 Å². The predicted octanol–water partition coefficient (Wildman–Crippen LogP) is 2.48. The summed E-state index contributed by atoms with van der Waals surface area (Å²) in [7, 11) is 3.37. The molecule has 0 radical (unpaired) electrons. The number of rotatable bonds is 6. The number of nitrogens with zero attached hydrogens (tertiary/aromatic N) is 1. The van der Waals surface area contributed by atoms with Crippen LogP contribution in [0.2, 0.25) is 0 Å². The lowest BCUT2D eigenvalue weighted by Gasteiger charge is -2.20. The van der Waals surface area contributed by atoms with Crippen molar-refractivity contribution in [2.75, 3.05) is 13.2 Å². The first-order chi connectivity index (χ1) is 6.99. The second-order valence-corrected chi connectivity index (χ2v) is 6.11. The number of carbonyl (C=O) groups excluding carboxylic acids is 1. The smallest absolute Gasteiger partial charge is 0.223 e. The van der Waals surface area contributed by atoms with Gasteiger partial charge in [-0.15, -0.1) is 0 Å². The molecule has 0 unspecified atom stereocenters. The fraction of sp³-hybridized carbons (Fsp3) is 0.700. The minimum absolute atomic E-state index is 0.00719. The van der Waals surface area contributed by atoms with Crippen molar-refractivity contribution in [2.24, 2.45) is 0 Å². The zero-order valence-corrected chi connectivity index (χ0v) is 11.3. The minimum Gasteiger partial charge on any atom is -0.395 e. The molecule has 0 saturated carbocycles. The van der Waals surface area contributed by atoms with Crippen molar-refractivity contribution in [1.29, 1.82) is 0 Å². The Morgan fingerprint density at radius 2 is 2.07 bits per heavy atom. The summed E-state index contributed by atoms with van der Waals surface area (Å²) in [5.74, 6) is -0.0343. The third-order valence-corrected chi connectivity index (χ3v) is 4.31. The molecule has 0 heterocycles. The monoisotopic (exact) mass is 249 g/mol. The Morgan fingerprint density at radius 1 is 1.47 bits per heavy atom. The first kappa shape index (κ1) is 14.9. The first-order valence-corrected chi connectivity index (χ1v) is 7.14. The van der Waals surface area contributed by atoms with Crippen molar-refractivity contribution in [3.05, 3.63) is 11.1 Å². The van der Waals surface area contributed by atoms with Crippen LogP contribution in [0.4, 0.5) is 0 Å². The van der Waals surface area contributed by atoms with Gasteiger partial charge in [-0.2, -0.15) is 0 Å². The molecular weight excluding hydrogens is 230 g/mol. The summed E-state index contributed by atoms with van der Waals surface area (Å²) in [6, 6.07) is 0. The molecule has 15 heavy (non-hydrogen) atoms. The lowest BCUT2D eigenvalue weighted by molar-refractivity contribution is -0.127. The molecule has 0 aliphatic rings. The second-order valence-electron chi connectivity index (χ2n) is 3.39. The third-order valence-electron chi connectivity index (χ3n) is 1.60. The van der Waals surface area contributed by atoms with Crippen LogP contribution in [0.25, 0.3) is 0 Å². The Kier molecular flexibility index (Phi) is 8.00. The highest BCUT2D eigenvalue weighted by Gasteiger charge is 2.09. The Balaban J connectivity index is 4.22. The topological polar surface area (TPSA) is 40.5 Å². The van der Waals surface area contributed by atoms with Crippen LogP contribution in [0.1, 0.15) is 27.7 Å². The van der Waals surface area contributed by atoms with Gasteiger partial charge in [-0.05, 0) is 6.92 Å². The lowest BCUT2D eigenvalue weighted by Crippen LogP contribution is -2.29. The van der Waals surface area contributed by atoms with Gasteiger partial charge < -0.3 is 10.0 Å². The van der Waals surface area contributed by atoms with Crippen molar-refractivity contribution in [3.8, 4) is 0 Å². The van der Waals surface area contributed by atoms with Crippen LogP contribution >= 0.6 is 21.6 Å². The average molecular weight is 249 g/mol. The zero-order chi connectivity index (χ0) is 11.8. The molecule has 0 atom stereocenters. The van der Waals surface area contributed by atoms with Crippen LogP contribution in [0.15, 0.2) is 11.1 Å². The Bertz CT molecular complexity index is 229. The normalized spacial score (nSPS) is 12.0. The van der Waals surface area contributed by atoms with Crippen molar-refractivity contribution < 1.29 is 9.90 Å². The van der Waals surface area contributed by atoms with Gasteiger partial charge in [0.1, 0.15) is 0 Å². The van der Waals surface area contributed by atoms with Gasteiger partial charge in [0.15, 0.2) is 0 Å². The molecule has 3 nitrogen and oxygen atoms in total. The largest absolute Gasteiger partial charge is 0.395 e. The molecule has 0 aromatic carbocycles. The SMILES string of the molecule is CC(=O)N(CCO)C(C)=CSSC(C)C. The van der Waals surface area contributed by atoms with Crippen LogP contribution in [-0.4, -0.2) is 34.3 Å².